The van der Waals surface area contributed by atoms with Crippen molar-refractivity contribution in [3.8, 4) is 11.6 Å². The molecule has 1 fully saturated rings. The summed E-state index contributed by atoms with van der Waals surface area (Å²) in [6.07, 6.45) is 4.84. The van der Waals surface area contributed by atoms with Crippen LogP contribution in [0.4, 0.5) is 0 Å². The summed E-state index contributed by atoms with van der Waals surface area (Å²) >= 11 is 0. The Kier molecular flexibility index (Phi) is 5.05. The molecule has 11 nitrogen and oxygen atoms in total. The second-order valence-electron chi connectivity index (χ2n) is 8.92. The van der Waals surface area contributed by atoms with Crippen molar-refractivity contribution < 1.29 is 9.47 Å². The number of hydrogen-bond donors (Lipinski definition) is 5. The van der Waals surface area contributed by atoms with Crippen molar-refractivity contribution in [2.45, 2.75) is 51.2 Å². The van der Waals surface area contributed by atoms with Crippen molar-refractivity contribution in [1.29, 1.82) is 0 Å². The van der Waals surface area contributed by atoms with Gasteiger partial charge in [-0.1, -0.05) is 6.92 Å². The molecule has 5 N–H and O–H groups in total. The molecule has 0 bridgehead atoms. The Bertz CT molecular complexity index is 1320. The molecule has 6 rings (SSSR count). The van der Waals surface area contributed by atoms with Gasteiger partial charge in [-0.25, -0.2) is 15.1 Å². The fraction of sp³-hybridized carbons (Fsp3) is 0.435. The molecule has 2 aliphatic heterocycles. The van der Waals surface area contributed by atoms with Crippen molar-refractivity contribution in [3.63, 3.8) is 0 Å². The van der Waals surface area contributed by atoms with Crippen molar-refractivity contribution in [2.24, 2.45) is 16.0 Å². The summed E-state index contributed by atoms with van der Waals surface area (Å²) in [5.41, 5.74) is 2.69. The highest BCUT2D eigenvalue weighted by Crippen LogP contribution is 2.28. The van der Waals surface area contributed by atoms with Crippen LogP contribution in [-0.4, -0.2) is 57.8 Å². The number of benzene rings is 1. The van der Waals surface area contributed by atoms with E-state index in [9.17, 15) is 4.79 Å². The van der Waals surface area contributed by atoms with Gasteiger partial charge in [0.15, 0.2) is 0 Å². The van der Waals surface area contributed by atoms with Crippen LogP contribution in [0.25, 0.3) is 10.9 Å². The van der Waals surface area contributed by atoms with Crippen LogP contribution in [0.1, 0.15) is 31.2 Å². The monoisotopic (exact) mass is 464 g/mol. The van der Waals surface area contributed by atoms with E-state index < -0.39 is 6.35 Å². The number of aromatic amines is 3. The minimum atomic E-state index is -0.582. The first kappa shape index (κ1) is 20.8. The smallest absolute Gasteiger partial charge is 0.325 e. The SMILES string of the molecule is CCc1cc2cc(OC3N=C(NC4CC4)N4N=CC(Cc5[nH]c(=O)[nH]c5OC)C4N3)ccc2[nH]1. The quantitative estimate of drug-likeness (QED) is 0.361. The van der Waals surface area contributed by atoms with Crippen LogP contribution in [-0.2, 0) is 12.8 Å². The van der Waals surface area contributed by atoms with Gasteiger partial charge in [0.05, 0.1) is 12.8 Å². The summed E-state index contributed by atoms with van der Waals surface area (Å²) in [6.45, 7) is 2.13. The zero-order valence-electron chi connectivity index (χ0n) is 19.1. The van der Waals surface area contributed by atoms with Crippen molar-refractivity contribution in [1.82, 2.24) is 30.6 Å². The molecule has 3 atom stereocenters. The summed E-state index contributed by atoms with van der Waals surface area (Å²) in [4.78, 5) is 25.4. The number of rotatable bonds is 7. The van der Waals surface area contributed by atoms with E-state index in [1.807, 2.05) is 29.4 Å². The van der Waals surface area contributed by atoms with Crippen LogP contribution in [0.2, 0.25) is 0 Å². The van der Waals surface area contributed by atoms with Gasteiger partial charge >= 0.3 is 5.69 Å². The highest BCUT2D eigenvalue weighted by atomic mass is 16.5. The molecule has 4 heterocycles. The average Bonchev–Trinajstić information content (AvgIpc) is 3.24. The number of nitrogens with zero attached hydrogens (tertiary/aromatic N) is 3. The Morgan fingerprint density at radius 3 is 2.88 bits per heavy atom. The number of methoxy groups -OCH3 is 1. The maximum atomic E-state index is 11.8. The number of guanidine groups is 1. The summed E-state index contributed by atoms with van der Waals surface area (Å²) in [5, 5.41) is 14.5. The van der Waals surface area contributed by atoms with E-state index in [4.69, 9.17) is 14.5 Å². The fourth-order valence-electron chi connectivity index (χ4n) is 4.49. The molecule has 1 aromatic carbocycles. The molecule has 2 aromatic heterocycles. The standard InChI is InChI=1S/C23H28N8O3/c1-3-14-8-12-9-16(6-7-17(12)25-14)34-23-28-19-13(10-18-20(33-2)29-22(32)27-18)11-24-31(19)21(30-23)26-15-4-5-15/h6-9,11,13,15,19,23,25,28H,3-5,10H2,1-2H3,(H,26,30)(H2,27,29,32). The van der Waals surface area contributed by atoms with Crippen LogP contribution >= 0.6 is 0 Å². The van der Waals surface area contributed by atoms with Gasteiger partial charge in [-0.2, -0.15) is 10.1 Å². The van der Waals surface area contributed by atoms with Gasteiger partial charge in [0.1, 0.15) is 11.9 Å². The molecule has 0 saturated heterocycles. The number of fused-ring (bicyclic) bond motifs is 2. The third-order valence-electron chi connectivity index (χ3n) is 6.42. The largest absolute Gasteiger partial charge is 0.481 e. The lowest BCUT2D eigenvalue weighted by Gasteiger charge is -2.36. The van der Waals surface area contributed by atoms with Crippen LogP contribution in [0.3, 0.4) is 0 Å². The van der Waals surface area contributed by atoms with E-state index in [1.54, 1.807) is 0 Å². The molecule has 34 heavy (non-hydrogen) atoms. The molecule has 0 spiro atoms. The minimum Gasteiger partial charge on any atom is -0.481 e. The lowest BCUT2D eigenvalue weighted by atomic mass is 10.0. The second kappa shape index (κ2) is 8.24. The van der Waals surface area contributed by atoms with Gasteiger partial charge < -0.3 is 24.8 Å². The molecule has 1 aliphatic carbocycles. The first-order valence-corrected chi connectivity index (χ1v) is 11.7. The number of hydrogen-bond acceptors (Lipinski definition) is 8. The molecule has 3 aliphatic rings. The number of imidazole rings is 1. The van der Waals surface area contributed by atoms with E-state index in [-0.39, 0.29) is 17.8 Å². The Labute approximate surface area is 195 Å². The van der Waals surface area contributed by atoms with E-state index in [0.717, 1.165) is 35.9 Å². The summed E-state index contributed by atoms with van der Waals surface area (Å²) in [5.74, 6) is 1.84. The zero-order valence-corrected chi connectivity index (χ0v) is 19.1. The van der Waals surface area contributed by atoms with E-state index in [2.05, 4.69) is 43.7 Å². The lowest BCUT2D eigenvalue weighted by Crippen LogP contribution is -2.60. The maximum Gasteiger partial charge on any atom is 0.325 e. The zero-order chi connectivity index (χ0) is 23.2. The molecule has 3 aromatic rings. The first-order chi connectivity index (χ1) is 16.6. The van der Waals surface area contributed by atoms with Crippen LogP contribution < -0.4 is 25.8 Å². The lowest BCUT2D eigenvalue weighted by molar-refractivity contribution is 0.0909. The van der Waals surface area contributed by atoms with Gasteiger partial charge in [0.2, 0.25) is 11.8 Å². The Morgan fingerprint density at radius 2 is 2.09 bits per heavy atom. The number of nitrogens with one attached hydrogen (secondary N) is 5. The number of H-pyrrole nitrogens is 3. The van der Waals surface area contributed by atoms with Crippen molar-refractivity contribution >= 4 is 23.1 Å². The topological polar surface area (TPSA) is 135 Å². The molecule has 178 valence electrons. The van der Waals surface area contributed by atoms with Gasteiger partial charge in [-0.15, -0.1) is 0 Å². The number of aryl methyl sites for hydroxylation is 1. The molecular formula is C23H28N8O3. The molecule has 3 unspecified atom stereocenters. The highest BCUT2D eigenvalue weighted by molar-refractivity contribution is 5.84. The van der Waals surface area contributed by atoms with Crippen LogP contribution in [0.15, 0.2) is 39.2 Å². The number of ether oxygens (including phenoxy) is 2. The summed E-state index contributed by atoms with van der Waals surface area (Å²) < 4.78 is 11.6. The molecule has 11 heteroatoms. The summed E-state index contributed by atoms with van der Waals surface area (Å²) in [7, 11) is 1.54. The van der Waals surface area contributed by atoms with Crippen molar-refractivity contribution in [2.75, 3.05) is 7.11 Å². The van der Waals surface area contributed by atoms with Gasteiger partial charge in [0.25, 0.3) is 6.35 Å². The van der Waals surface area contributed by atoms with Crippen LogP contribution in [0, 0.1) is 5.92 Å². The van der Waals surface area contributed by atoms with E-state index >= 15 is 0 Å². The minimum absolute atomic E-state index is 0.0304. The fourth-order valence-corrected chi connectivity index (χ4v) is 4.49. The first-order valence-electron chi connectivity index (χ1n) is 11.7. The Morgan fingerprint density at radius 1 is 1.21 bits per heavy atom. The molecule has 1 saturated carbocycles. The second-order valence-corrected chi connectivity index (χ2v) is 8.92. The Balaban J connectivity index is 1.24. The van der Waals surface area contributed by atoms with Gasteiger partial charge in [-0.05, 0) is 43.5 Å². The normalized spacial score (nSPS) is 23.8. The molecular weight excluding hydrogens is 436 g/mol. The average molecular weight is 465 g/mol. The predicted molar refractivity (Wildman–Crippen MR) is 128 cm³/mol. The van der Waals surface area contributed by atoms with E-state index in [0.29, 0.717) is 30.0 Å². The highest BCUT2D eigenvalue weighted by Gasteiger charge is 2.41. The Hall–Kier alpha value is -3.73. The third kappa shape index (κ3) is 3.92. The molecule has 0 amide bonds. The van der Waals surface area contributed by atoms with E-state index in [1.165, 1.54) is 12.8 Å². The number of aromatic nitrogens is 3. The summed E-state index contributed by atoms with van der Waals surface area (Å²) in [6, 6.07) is 8.57. The predicted octanol–water partition coefficient (Wildman–Crippen LogP) is 1.62. The van der Waals surface area contributed by atoms with Gasteiger partial charge in [0, 0.05) is 41.2 Å². The molecule has 0 radical (unpaired) electrons. The van der Waals surface area contributed by atoms with Crippen LogP contribution in [0.5, 0.6) is 11.6 Å². The van der Waals surface area contributed by atoms with Gasteiger partial charge in [-0.3, -0.25) is 4.98 Å². The number of aliphatic imine (C=N–C) groups is 1. The number of hydrazone groups is 1. The third-order valence-corrected chi connectivity index (χ3v) is 6.42. The maximum absolute atomic E-state index is 11.8. The van der Waals surface area contributed by atoms with Crippen molar-refractivity contribution in [3.05, 3.63) is 46.1 Å².